The topological polar surface area (TPSA) is 127 Å². The summed E-state index contributed by atoms with van der Waals surface area (Å²) in [5, 5.41) is 10.9. The Bertz CT molecular complexity index is 606. The zero-order chi connectivity index (χ0) is 16.0. The summed E-state index contributed by atoms with van der Waals surface area (Å²) < 4.78 is 27.1. The summed E-state index contributed by atoms with van der Waals surface area (Å²) in [7, 11) is -3.81. The Morgan fingerprint density at radius 2 is 2.14 bits per heavy atom. The van der Waals surface area contributed by atoms with Gasteiger partial charge in [-0.25, -0.2) is 13.1 Å². The molecule has 1 rings (SSSR count). The van der Waals surface area contributed by atoms with Gasteiger partial charge in [0, 0.05) is 17.9 Å². The molecule has 0 aliphatic rings. The van der Waals surface area contributed by atoms with Crippen LogP contribution in [0.25, 0.3) is 0 Å². The van der Waals surface area contributed by atoms with Crippen molar-refractivity contribution in [2.45, 2.75) is 24.3 Å². The number of nitrogens with two attached hydrogens (primary N) is 1. The molecule has 118 valence electrons. The van der Waals surface area contributed by atoms with E-state index in [4.69, 9.17) is 5.84 Å². The predicted octanol–water partition coefficient (Wildman–Crippen LogP) is 1.30. The normalized spacial score (nSPS) is 12.9. The van der Waals surface area contributed by atoms with Crippen molar-refractivity contribution in [3.63, 3.8) is 0 Å². The van der Waals surface area contributed by atoms with Crippen LogP contribution < -0.4 is 16.0 Å². The molecule has 0 saturated carbocycles. The van der Waals surface area contributed by atoms with Crippen molar-refractivity contribution >= 4 is 33.2 Å². The first-order valence-corrected chi connectivity index (χ1v) is 8.99. The number of nitrogen functional groups attached to an aromatic ring is 1. The van der Waals surface area contributed by atoms with E-state index in [9.17, 15) is 18.5 Å². The number of nitro benzene ring substituents is 1. The molecule has 21 heavy (non-hydrogen) atoms. The number of sulfonamides is 1. The number of hydrogen-bond acceptors (Lipinski definition) is 7. The van der Waals surface area contributed by atoms with Gasteiger partial charge < -0.3 is 5.43 Å². The highest BCUT2D eigenvalue weighted by atomic mass is 32.2. The van der Waals surface area contributed by atoms with Crippen LogP contribution in [0.1, 0.15) is 13.3 Å². The molecule has 8 nitrogen and oxygen atoms in total. The molecular weight excluding hydrogens is 316 g/mol. The average molecular weight is 334 g/mol. The van der Waals surface area contributed by atoms with E-state index in [0.717, 1.165) is 6.07 Å². The zero-order valence-electron chi connectivity index (χ0n) is 11.7. The third kappa shape index (κ3) is 4.56. The van der Waals surface area contributed by atoms with Crippen LogP contribution in [0.15, 0.2) is 23.1 Å². The Hall–Kier alpha value is -1.36. The number of thioether (sulfide) groups is 1. The lowest BCUT2D eigenvalue weighted by atomic mass is 10.3. The fraction of sp³-hybridized carbons (Fsp3) is 0.455. The molecule has 0 aliphatic carbocycles. The van der Waals surface area contributed by atoms with Gasteiger partial charge in [-0.15, -0.1) is 0 Å². The van der Waals surface area contributed by atoms with E-state index in [2.05, 4.69) is 10.1 Å². The number of benzene rings is 1. The molecule has 10 heteroatoms. The second kappa shape index (κ2) is 7.59. The van der Waals surface area contributed by atoms with Crippen LogP contribution in [0.2, 0.25) is 0 Å². The molecule has 0 aliphatic heterocycles. The Labute approximate surface area is 127 Å². The fourth-order valence-electron chi connectivity index (χ4n) is 1.68. The fourth-order valence-corrected chi connectivity index (χ4v) is 3.84. The van der Waals surface area contributed by atoms with Crippen molar-refractivity contribution in [1.29, 1.82) is 0 Å². The molecule has 1 unspecified atom stereocenters. The number of hydrazine groups is 1. The molecule has 1 atom stereocenters. The highest BCUT2D eigenvalue weighted by Crippen LogP contribution is 2.26. The molecule has 1 aromatic carbocycles. The molecule has 0 spiro atoms. The minimum atomic E-state index is -3.81. The van der Waals surface area contributed by atoms with Gasteiger partial charge in [0.1, 0.15) is 5.69 Å². The molecule has 0 aromatic heterocycles. The van der Waals surface area contributed by atoms with Crippen LogP contribution in [0.5, 0.6) is 0 Å². The maximum Gasteiger partial charge on any atom is 0.294 e. The number of nitro groups is 1. The molecule has 0 amide bonds. The lowest BCUT2D eigenvalue weighted by Crippen LogP contribution is -2.36. The molecule has 0 radical (unpaired) electrons. The summed E-state index contributed by atoms with van der Waals surface area (Å²) in [4.78, 5) is 10.1. The molecule has 1 aromatic rings. The van der Waals surface area contributed by atoms with Gasteiger partial charge in [-0.3, -0.25) is 16.0 Å². The van der Waals surface area contributed by atoms with Crippen molar-refractivity contribution in [3.05, 3.63) is 28.3 Å². The number of nitrogens with one attached hydrogen (secondary N) is 2. The standard InChI is InChI=1S/C11H18N4O4S2/c1-3-8(7-20-2)14-21(18,19)9-4-5-10(13-12)11(6-9)15(16)17/h4-6,8,13-14H,3,7,12H2,1-2H3. The average Bonchev–Trinajstić information content (AvgIpc) is 2.45. The highest BCUT2D eigenvalue weighted by molar-refractivity contribution is 7.98. The monoisotopic (exact) mass is 334 g/mol. The Morgan fingerprint density at radius 3 is 2.62 bits per heavy atom. The van der Waals surface area contributed by atoms with Gasteiger partial charge in [-0.05, 0) is 24.8 Å². The molecule has 4 N–H and O–H groups in total. The largest absolute Gasteiger partial charge is 0.318 e. The van der Waals surface area contributed by atoms with Crippen LogP contribution in [0, 0.1) is 10.1 Å². The maximum absolute atomic E-state index is 12.3. The maximum atomic E-state index is 12.3. The van der Waals surface area contributed by atoms with E-state index in [-0.39, 0.29) is 16.6 Å². The van der Waals surface area contributed by atoms with Gasteiger partial charge in [0.15, 0.2) is 0 Å². The Morgan fingerprint density at radius 1 is 1.48 bits per heavy atom. The van der Waals surface area contributed by atoms with Crippen molar-refractivity contribution in [3.8, 4) is 0 Å². The number of hydrogen-bond donors (Lipinski definition) is 3. The van der Waals surface area contributed by atoms with Crippen molar-refractivity contribution < 1.29 is 13.3 Å². The van der Waals surface area contributed by atoms with Gasteiger partial charge >= 0.3 is 0 Å². The van der Waals surface area contributed by atoms with E-state index < -0.39 is 20.6 Å². The number of rotatable bonds is 8. The van der Waals surface area contributed by atoms with Crippen LogP contribution in [0.3, 0.4) is 0 Å². The summed E-state index contributed by atoms with van der Waals surface area (Å²) in [5.41, 5.74) is 1.83. The van der Waals surface area contributed by atoms with Crippen LogP contribution in [-0.4, -0.2) is 31.4 Å². The minimum absolute atomic E-state index is 0.0510. The summed E-state index contributed by atoms with van der Waals surface area (Å²) in [6.07, 6.45) is 2.51. The molecule has 0 heterocycles. The van der Waals surface area contributed by atoms with Crippen molar-refractivity contribution in [2.24, 2.45) is 5.84 Å². The van der Waals surface area contributed by atoms with Crippen LogP contribution in [-0.2, 0) is 10.0 Å². The van der Waals surface area contributed by atoms with Crippen LogP contribution >= 0.6 is 11.8 Å². The smallest absolute Gasteiger partial charge is 0.294 e. The molecular formula is C11H18N4O4S2. The van der Waals surface area contributed by atoms with Gasteiger partial charge in [0.05, 0.1) is 9.82 Å². The van der Waals surface area contributed by atoms with Gasteiger partial charge in [-0.2, -0.15) is 11.8 Å². The molecule has 0 bridgehead atoms. The van der Waals surface area contributed by atoms with Gasteiger partial charge in [0.25, 0.3) is 5.69 Å². The summed E-state index contributed by atoms with van der Waals surface area (Å²) in [5.74, 6) is 5.79. The summed E-state index contributed by atoms with van der Waals surface area (Å²) in [6.45, 7) is 1.87. The SMILES string of the molecule is CCC(CSC)NS(=O)(=O)c1ccc(NN)c([N+](=O)[O-])c1. The second-order valence-electron chi connectivity index (χ2n) is 4.26. The Balaban J connectivity index is 3.14. The van der Waals surface area contributed by atoms with E-state index in [1.54, 1.807) is 0 Å². The third-order valence-electron chi connectivity index (χ3n) is 2.81. The van der Waals surface area contributed by atoms with E-state index in [1.807, 2.05) is 13.2 Å². The van der Waals surface area contributed by atoms with E-state index >= 15 is 0 Å². The quantitative estimate of drug-likeness (QED) is 0.371. The van der Waals surface area contributed by atoms with Gasteiger partial charge in [0.2, 0.25) is 10.0 Å². The zero-order valence-corrected chi connectivity index (χ0v) is 13.3. The Kier molecular flexibility index (Phi) is 6.40. The first kappa shape index (κ1) is 17.7. The number of anilines is 1. The second-order valence-corrected chi connectivity index (χ2v) is 6.89. The first-order chi connectivity index (χ1) is 9.85. The minimum Gasteiger partial charge on any atom is -0.318 e. The van der Waals surface area contributed by atoms with Gasteiger partial charge in [-0.1, -0.05) is 6.92 Å². The van der Waals surface area contributed by atoms with Crippen molar-refractivity contribution in [1.82, 2.24) is 4.72 Å². The predicted molar refractivity (Wildman–Crippen MR) is 83.7 cm³/mol. The molecule has 0 saturated heterocycles. The highest BCUT2D eigenvalue weighted by Gasteiger charge is 2.23. The third-order valence-corrected chi connectivity index (χ3v) is 5.07. The summed E-state index contributed by atoms with van der Waals surface area (Å²) >= 11 is 1.52. The van der Waals surface area contributed by atoms with E-state index in [0.29, 0.717) is 12.2 Å². The van der Waals surface area contributed by atoms with E-state index in [1.165, 1.54) is 23.9 Å². The lowest BCUT2D eigenvalue weighted by molar-refractivity contribution is -0.384. The van der Waals surface area contributed by atoms with Crippen molar-refractivity contribution in [2.75, 3.05) is 17.4 Å². The summed E-state index contributed by atoms with van der Waals surface area (Å²) in [6, 6.07) is 3.30. The lowest BCUT2D eigenvalue weighted by Gasteiger charge is -2.16. The first-order valence-electron chi connectivity index (χ1n) is 6.12. The molecule has 0 fully saturated rings. The van der Waals surface area contributed by atoms with Crippen LogP contribution in [0.4, 0.5) is 11.4 Å². The number of nitrogens with zero attached hydrogens (tertiary/aromatic N) is 1.